The van der Waals surface area contributed by atoms with E-state index in [-0.39, 0.29) is 12.4 Å². The monoisotopic (exact) mass is 343 g/mol. The van der Waals surface area contributed by atoms with Crippen LogP contribution >= 0.6 is 27.3 Å². The fraction of sp³-hybridized carbons (Fsp3) is 0.357. The van der Waals surface area contributed by atoms with Crippen LogP contribution in [0.2, 0.25) is 0 Å². The van der Waals surface area contributed by atoms with Crippen molar-refractivity contribution in [2.75, 3.05) is 0 Å². The molecule has 4 heteroatoms. The highest BCUT2D eigenvalue weighted by atomic mass is 79.9. The molecule has 0 unspecified atom stereocenters. The molecule has 0 N–H and O–H groups in total. The summed E-state index contributed by atoms with van der Waals surface area (Å²) in [5.74, 6) is 0. The molecule has 96 valence electrons. The molecule has 0 radical (unpaired) electrons. The van der Waals surface area contributed by atoms with Crippen LogP contribution in [0.3, 0.4) is 0 Å². The lowest BCUT2D eigenvalue weighted by molar-refractivity contribution is -0.600. The largest absolute Gasteiger partial charge is 1.00 e. The summed E-state index contributed by atoms with van der Waals surface area (Å²) in [6, 6.07) is 6.41. The van der Waals surface area contributed by atoms with E-state index in [9.17, 15) is 0 Å². The van der Waals surface area contributed by atoms with Crippen LogP contribution in [0.1, 0.15) is 29.0 Å². The van der Waals surface area contributed by atoms with E-state index in [1.807, 2.05) is 11.3 Å². The lowest BCUT2D eigenvalue weighted by Gasteiger charge is -2.08. The van der Waals surface area contributed by atoms with Crippen molar-refractivity contribution in [1.82, 2.24) is 0 Å². The Kier molecular flexibility index (Phi) is 4.46. The molecule has 0 bridgehead atoms. The van der Waals surface area contributed by atoms with Crippen LogP contribution in [-0.4, -0.2) is 0 Å². The number of halogens is 2. The number of aromatic nitrogens is 1. The Hall–Kier alpha value is -0.380. The second-order valence-electron chi connectivity index (χ2n) is 4.58. The Morgan fingerprint density at radius 2 is 2.00 bits per heavy atom. The SMILES string of the molecule is Cc1cccc(Br)c1-[n+]1csc2c1CCCC2.[Cl-]. The predicted octanol–water partition coefficient (Wildman–Crippen LogP) is 0.979. The van der Waals surface area contributed by atoms with Crippen LogP contribution in [0, 0.1) is 6.92 Å². The summed E-state index contributed by atoms with van der Waals surface area (Å²) < 4.78 is 3.58. The maximum absolute atomic E-state index is 3.68. The summed E-state index contributed by atoms with van der Waals surface area (Å²) in [5, 5.41) is 0. The molecular formula is C14H15BrClNS. The summed E-state index contributed by atoms with van der Waals surface area (Å²) in [4.78, 5) is 1.58. The van der Waals surface area contributed by atoms with Gasteiger partial charge in [0.2, 0.25) is 16.9 Å². The van der Waals surface area contributed by atoms with Crippen LogP contribution in [0.4, 0.5) is 0 Å². The summed E-state index contributed by atoms with van der Waals surface area (Å²) >= 11 is 5.59. The second kappa shape index (κ2) is 5.72. The number of rotatable bonds is 1. The number of thiazole rings is 1. The van der Waals surface area contributed by atoms with Gasteiger partial charge >= 0.3 is 0 Å². The van der Waals surface area contributed by atoms with E-state index in [1.54, 1.807) is 4.88 Å². The standard InChI is InChI=1S/C14H15BrNS.ClH/c1-10-5-4-6-11(15)14(10)16-9-17-13-8-3-2-7-12(13)16;/h4-6,9H,2-3,7-8H2,1H3;1H/q+1;/p-1. The highest BCUT2D eigenvalue weighted by Crippen LogP contribution is 2.27. The van der Waals surface area contributed by atoms with Crippen LogP contribution in [0.25, 0.3) is 5.69 Å². The highest BCUT2D eigenvalue weighted by Gasteiger charge is 2.26. The number of fused-ring (bicyclic) bond motifs is 1. The highest BCUT2D eigenvalue weighted by molar-refractivity contribution is 9.10. The van der Waals surface area contributed by atoms with Crippen molar-refractivity contribution in [3.05, 3.63) is 44.3 Å². The summed E-state index contributed by atoms with van der Waals surface area (Å²) in [5.41, 5.74) is 6.43. The Labute approximate surface area is 126 Å². The molecule has 1 aliphatic carbocycles. The van der Waals surface area contributed by atoms with Crippen molar-refractivity contribution in [1.29, 1.82) is 0 Å². The molecule has 0 spiro atoms. The summed E-state index contributed by atoms with van der Waals surface area (Å²) in [6.45, 7) is 2.18. The van der Waals surface area contributed by atoms with Crippen LogP contribution in [-0.2, 0) is 12.8 Å². The smallest absolute Gasteiger partial charge is 0.231 e. The average Bonchev–Trinajstić information content (AvgIpc) is 2.73. The summed E-state index contributed by atoms with van der Waals surface area (Å²) in [7, 11) is 0. The Morgan fingerprint density at radius 1 is 1.22 bits per heavy atom. The van der Waals surface area contributed by atoms with Crippen molar-refractivity contribution in [2.24, 2.45) is 0 Å². The zero-order valence-corrected chi connectivity index (χ0v) is 13.4. The zero-order valence-electron chi connectivity index (χ0n) is 10.2. The minimum Gasteiger partial charge on any atom is -1.00 e. The molecule has 1 heterocycles. The van der Waals surface area contributed by atoms with Gasteiger partial charge < -0.3 is 12.4 Å². The second-order valence-corrected chi connectivity index (χ2v) is 6.37. The number of para-hydroxylation sites is 1. The van der Waals surface area contributed by atoms with Crippen LogP contribution in [0.5, 0.6) is 0 Å². The zero-order chi connectivity index (χ0) is 11.8. The molecule has 3 rings (SSSR count). The van der Waals surface area contributed by atoms with Gasteiger partial charge in [-0.25, -0.2) is 0 Å². The van der Waals surface area contributed by atoms with Crippen molar-refractivity contribution in [3.8, 4) is 5.69 Å². The molecule has 1 aromatic carbocycles. The van der Waals surface area contributed by atoms with Crippen LogP contribution < -0.4 is 17.0 Å². The third-order valence-electron chi connectivity index (χ3n) is 3.41. The predicted molar refractivity (Wildman–Crippen MR) is 74.9 cm³/mol. The lowest BCUT2D eigenvalue weighted by atomic mass is 10.0. The number of nitrogens with zero attached hydrogens (tertiary/aromatic N) is 1. The van der Waals surface area contributed by atoms with Gasteiger partial charge in [0.15, 0.2) is 0 Å². The number of hydrogen-bond acceptors (Lipinski definition) is 1. The van der Waals surface area contributed by atoms with Crippen molar-refractivity contribution >= 4 is 27.3 Å². The van der Waals surface area contributed by atoms with Gasteiger partial charge in [-0.15, -0.1) is 0 Å². The number of aryl methyl sites for hydroxylation is 2. The first-order chi connectivity index (χ1) is 8.27. The molecule has 0 saturated carbocycles. The Balaban J connectivity index is 0.00000120. The molecule has 0 fully saturated rings. The molecule has 1 nitrogen and oxygen atoms in total. The molecular weight excluding hydrogens is 330 g/mol. The van der Waals surface area contributed by atoms with Gasteiger partial charge in [0.25, 0.3) is 0 Å². The Morgan fingerprint density at radius 3 is 2.78 bits per heavy atom. The minimum atomic E-state index is 0. The molecule has 0 saturated heterocycles. The van der Waals surface area contributed by atoms with Gasteiger partial charge in [0.05, 0.1) is 9.35 Å². The number of hydrogen-bond donors (Lipinski definition) is 0. The lowest BCUT2D eigenvalue weighted by Crippen LogP contribution is -3.00. The average molecular weight is 345 g/mol. The van der Waals surface area contributed by atoms with Gasteiger partial charge in [-0.1, -0.05) is 23.5 Å². The van der Waals surface area contributed by atoms with E-state index < -0.39 is 0 Å². The molecule has 18 heavy (non-hydrogen) atoms. The van der Waals surface area contributed by atoms with E-state index in [0.29, 0.717) is 0 Å². The van der Waals surface area contributed by atoms with Gasteiger partial charge in [0, 0.05) is 12.0 Å². The molecule has 1 aliphatic rings. The maximum Gasteiger partial charge on any atom is 0.231 e. The fourth-order valence-corrected chi connectivity index (χ4v) is 4.26. The van der Waals surface area contributed by atoms with Crippen LogP contribution in [0.15, 0.2) is 28.2 Å². The fourth-order valence-electron chi connectivity index (χ4n) is 2.54. The maximum atomic E-state index is 3.68. The first kappa shape index (κ1) is 14.0. The van der Waals surface area contributed by atoms with Gasteiger partial charge in [-0.05, 0) is 48.2 Å². The third kappa shape index (κ3) is 2.36. The van der Waals surface area contributed by atoms with Gasteiger partial charge in [-0.2, -0.15) is 4.57 Å². The molecule has 0 amide bonds. The Bertz CT molecular complexity index is 545. The molecule has 0 atom stereocenters. The van der Waals surface area contributed by atoms with Crippen molar-refractivity contribution < 1.29 is 17.0 Å². The van der Waals surface area contributed by atoms with Gasteiger partial charge in [-0.3, -0.25) is 0 Å². The molecule has 0 aliphatic heterocycles. The van der Waals surface area contributed by atoms with Gasteiger partial charge in [0.1, 0.15) is 0 Å². The van der Waals surface area contributed by atoms with E-state index in [4.69, 9.17) is 0 Å². The van der Waals surface area contributed by atoms with E-state index >= 15 is 0 Å². The normalized spacial score (nSPS) is 13.9. The summed E-state index contributed by atoms with van der Waals surface area (Å²) in [6.07, 6.45) is 5.16. The topological polar surface area (TPSA) is 3.88 Å². The quantitative estimate of drug-likeness (QED) is 0.679. The molecule has 1 aromatic heterocycles. The van der Waals surface area contributed by atoms with E-state index in [0.717, 1.165) is 0 Å². The van der Waals surface area contributed by atoms with Crippen molar-refractivity contribution in [2.45, 2.75) is 32.6 Å². The minimum absolute atomic E-state index is 0. The van der Waals surface area contributed by atoms with Crippen molar-refractivity contribution in [3.63, 3.8) is 0 Å². The van der Waals surface area contributed by atoms with E-state index in [2.05, 4.69) is 51.1 Å². The number of benzene rings is 1. The van der Waals surface area contributed by atoms with E-state index in [1.165, 1.54) is 47.1 Å². The third-order valence-corrected chi connectivity index (χ3v) is 5.09. The first-order valence-corrected chi connectivity index (χ1v) is 7.71. The first-order valence-electron chi connectivity index (χ1n) is 6.04. The molecule has 2 aromatic rings.